The van der Waals surface area contributed by atoms with Crippen molar-refractivity contribution in [3.63, 3.8) is 0 Å². The normalized spacial score (nSPS) is 31.3. The number of hydrogen-bond donors (Lipinski definition) is 1. The van der Waals surface area contributed by atoms with E-state index >= 15 is 0 Å². The highest BCUT2D eigenvalue weighted by molar-refractivity contribution is 6.41. The van der Waals surface area contributed by atoms with Gasteiger partial charge < -0.3 is 19.2 Å². The summed E-state index contributed by atoms with van der Waals surface area (Å²) in [5.41, 5.74) is 0.285. The van der Waals surface area contributed by atoms with Gasteiger partial charge in [-0.05, 0) is 68.9 Å². The quantitative estimate of drug-likeness (QED) is 0.303. The molecule has 2 aliphatic carbocycles. The second kappa shape index (κ2) is 11.4. The summed E-state index contributed by atoms with van der Waals surface area (Å²) >= 11 is 0. The van der Waals surface area contributed by atoms with E-state index in [0.717, 1.165) is 30.2 Å². The third-order valence-corrected chi connectivity index (χ3v) is 9.65. The summed E-state index contributed by atoms with van der Waals surface area (Å²) in [5, 5.41) is 13.7. The van der Waals surface area contributed by atoms with Gasteiger partial charge in [0, 0.05) is 31.3 Å². The minimum atomic E-state index is -1.34. The first-order chi connectivity index (χ1) is 19.0. The molecule has 2 unspecified atom stereocenters. The van der Waals surface area contributed by atoms with Crippen molar-refractivity contribution in [2.45, 2.75) is 94.8 Å². The van der Waals surface area contributed by atoms with Gasteiger partial charge in [0.15, 0.2) is 5.69 Å². The third kappa shape index (κ3) is 5.23. The second-order valence-corrected chi connectivity index (χ2v) is 12.0. The monoisotopic (exact) mass is 536 g/mol. The summed E-state index contributed by atoms with van der Waals surface area (Å²) in [7, 11) is 1.52. The maximum Gasteiger partial charge on any atom is 0.360 e. The van der Waals surface area contributed by atoms with Gasteiger partial charge in [0.05, 0.1) is 17.6 Å². The maximum atomic E-state index is 14.0. The van der Waals surface area contributed by atoms with Crippen LogP contribution in [0.3, 0.4) is 0 Å². The van der Waals surface area contributed by atoms with Gasteiger partial charge in [-0.25, -0.2) is 9.78 Å². The van der Waals surface area contributed by atoms with Crippen molar-refractivity contribution in [2.75, 3.05) is 20.3 Å². The van der Waals surface area contributed by atoms with Gasteiger partial charge in [-0.1, -0.05) is 43.0 Å². The molecule has 4 fully saturated rings. The standard InChI is InChI=1S/C30H40N4O5/c1-38-12-13-39-32-28(30(36)37)27-29(35)34(26-11-3-2-10-25(26)31-27)24-17-21-8-5-9-22(18-24)33(21)23-15-19-6-4-7-20(14-19)16-23/h2-3,10-11,19-24H,4-9,12-18H2,1H3,(H,36,37)/b32-28-/t19?,20?,21-,22+,23?,24+. The van der Waals surface area contributed by atoms with Crippen LogP contribution in [0.4, 0.5) is 0 Å². The minimum Gasteiger partial charge on any atom is -0.476 e. The Bertz CT molecular complexity index is 1270. The Labute approximate surface area is 229 Å². The number of carbonyl (C=O) groups is 1. The van der Waals surface area contributed by atoms with Crippen molar-refractivity contribution >= 4 is 22.7 Å². The molecule has 1 aromatic carbocycles. The minimum absolute atomic E-state index is 0.0109. The molecule has 0 amide bonds. The number of methoxy groups -OCH3 is 1. The summed E-state index contributed by atoms with van der Waals surface area (Å²) in [6, 6.07) is 9.10. The van der Waals surface area contributed by atoms with E-state index in [9.17, 15) is 14.7 Å². The van der Waals surface area contributed by atoms with Crippen molar-refractivity contribution in [3.05, 3.63) is 40.3 Å². The molecular formula is C30H40N4O5. The summed E-state index contributed by atoms with van der Waals surface area (Å²) in [4.78, 5) is 38.7. The number of aliphatic carboxylic acids is 1. The van der Waals surface area contributed by atoms with Gasteiger partial charge in [-0.3, -0.25) is 9.69 Å². The second-order valence-electron chi connectivity index (χ2n) is 12.0. The smallest absolute Gasteiger partial charge is 0.360 e. The Hall–Kier alpha value is -2.78. The summed E-state index contributed by atoms with van der Waals surface area (Å²) in [6.45, 7) is 0.343. The lowest BCUT2D eigenvalue weighted by Gasteiger charge is -2.55. The topological polar surface area (TPSA) is 106 Å². The molecular weight excluding hydrogens is 496 g/mol. The summed E-state index contributed by atoms with van der Waals surface area (Å²) in [6.07, 6.45) is 13.6. The van der Waals surface area contributed by atoms with Crippen LogP contribution in [0.15, 0.2) is 34.2 Å². The molecule has 9 heteroatoms. The number of carboxylic acids is 1. The highest BCUT2D eigenvalue weighted by Crippen LogP contribution is 2.47. The molecule has 2 saturated carbocycles. The number of ether oxygens (including phenoxy) is 1. The first kappa shape index (κ1) is 26.4. The number of carboxylic acid groups (broad SMARTS) is 1. The van der Waals surface area contributed by atoms with Crippen LogP contribution in [0.25, 0.3) is 11.0 Å². The van der Waals surface area contributed by atoms with E-state index in [2.05, 4.69) is 15.0 Å². The van der Waals surface area contributed by atoms with Crippen molar-refractivity contribution in [2.24, 2.45) is 17.0 Å². The number of para-hydroxylation sites is 2. The van der Waals surface area contributed by atoms with E-state index in [1.807, 2.05) is 28.8 Å². The Morgan fingerprint density at radius 2 is 1.64 bits per heavy atom. The molecule has 2 aromatic rings. The van der Waals surface area contributed by atoms with E-state index in [0.29, 0.717) is 23.6 Å². The molecule has 2 aliphatic heterocycles. The van der Waals surface area contributed by atoms with Crippen LogP contribution in [0, 0.1) is 11.8 Å². The van der Waals surface area contributed by atoms with Crippen LogP contribution in [0.5, 0.6) is 0 Å². The number of fused-ring (bicyclic) bond motifs is 5. The lowest BCUT2D eigenvalue weighted by atomic mass is 9.68. The van der Waals surface area contributed by atoms with Crippen LogP contribution >= 0.6 is 0 Å². The van der Waals surface area contributed by atoms with Crippen molar-refractivity contribution in [1.82, 2.24) is 14.5 Å². The Kier molecular flexibility index (Phi) is 7.71. The lowest BCUT2D eigenvalue weighted by Crippen LogP contribution is -2.58. The van der Waals surface area contributed by atoms with Crippen molar-refractivity contribution in [3.8, 4) is 0 Å². The SMILES string of the molecule is COCCO/N=C(\C(=O)O)c1nc2ccccc2n([C@H]2C[C@H]3CCC[C@@H](C2)N3C2CC3CCCC(C3)C2)c1=O. The lowest BCUT2D eigenvalue weighted by molar-refractivity contribution is -0.129. The van der Waals surface area contributed by atoms with Gasteiger partial charge in [0.2, 0.25) is 5.71 Å². The molecule has 39 heavy (non-hydrogen) atoms. The maximum absolute atomic E-state index is 14.0. The molecule has 0 radical (unpaired) electrons. The van der Waals surface area contributed by atoms with Crippen LogP contribution < -0.4 is 5.56 Å². The van der Waals surface area contributed by atoms with Crippen molar-refractivity contribution in [1.29, 1.82) is 0 Å². The predicted octanol–water partition coefficient (Wildman–Crippen LogP) is 4.38. The van der Waals surface area contributed by atoms with E-state index in [1.54, 1.807) is 0 Å². The largest absolute Gasteiger partial charge is 0.476 e. The zero-order valence-corrected chi connectivity index (χ0v) is 22.8. The number of piperidine rings is 2. The predicted molar refractivity (Wildman–Crippen MR) is 148 cm³/mol. The molecule has 0 spiro atoms. The Morgan fingerprint density at radius 3 is 2.33 bits per heavy atom. The zero-order valence-electron chi connectivity index (χ0n) is 22.8. The van der Waals surface area contributed by atoms with Gasteiger partial charge in [0.1, 0.15) is 6.61 Å². The molecule has 1 aromatic heterocycles. The van der Waals surface area contributed by atoms with Crippen LogP contribution in [-0.2, 0) is 14.4 Å². The first-order valence-corrected chi connectivity index (χ1v) is 14.7. The number of nitrogens with zero attached hydrogens (tertiary/aromatic N) is 4. The fraction of sp³-hybridized carbons (Fsp3) is 0.667. The molecule has 2 saturated heterocycles. The molecule has 3 heterocycles. The van der Waals surface area contributed by atoms with E-state index in [4.69, 9.17) is 9.57 Å². The van der Waals surface area contributed by atoms with E-state index in [1.165, 1.54) is 64.9 Å². The highest BCUT2D eigenvalue weighted by atomic mass is 16.6. The van der Waals surface area contributed by atoms with Gasteiger partial charge in [-0.2, -0.15) is 0 Å². The molecule has 9 nitrogen and oxygen atoms in total. The third-order valence-electron chi connectivity index (χ3n) is 9.65. The summed E-state index contributed by atoms with van der Waals surface area (Å²) in [5.74, 6) is 0.429. The highest BCUT2D eigenvalue weighted by Gasteiger charge is 2.45. The number of oxime groups is 1. The number of hydrogen-bond acceptors (Lipinski definition) is 7. The van der Waals surface area contributed by atoms with E-state index in [-0.39, 0.29) is 24.9 Å². The average molecular weight is 537 g/mol. The Balaban J connectivity index is 1.34. The average Bonchev–Trinajstić information content (AvgIpc) is 2.92. The fourth-order valence-corrected chi connectivity index (χ4v) is 8.22. The zero-order chi connectivity index (χ0) is 26.9. The molecule has 6 rings (SSSR count). The molecule has 1 N–H and O–H groups in total. The molecule has 4 bridgehead atoms. The van der Waals surface area contributed by atoms with E-state index < -0.39 is 17.2 Å². The number of benzene rings is 1. The first-order valence-electron chi connectivity index (χ1n) is 14.7. The summed E-state index contributed by atoms with van der Waals surface area (Å²) < 4.78 is 6.78. The molecule has 4 aliphatic rings. The van der Waals surface area contributed by atoms with Gasteiger partial charge >= 0.3 is 5.97 Å². The van der Waals surface area contributed by atoms with Gasteiger partial charge in [0.25, 0.3) is 5.56 Å². The van der Waals surface area contributed by atoms with Gasteiger partial charge in [-0.15, -0.1) is 0 Å². The van der Waals surface area contributed by atoms with Crippen molar-refractivity contribution < 1.29 is 19.5 Å². The molecule has 5 atom stereocenters. The van der Waals surface area contributed by atoms with Crippen LogP contribution in [-0.4, -0.2) is 69.7 Å². The number of rotatable bonds is 8. The fourth-order valence-electron chi connectivity index (χ4n) is 8.22. The number of aromatic nitrogens is 2. The van der Waals surface area contributed by atoms with Crippen LogP contribution in [0.2, 0.25) is 0 Å². The Morgan fingerprint density at radius 1 is 0.949 bits per heavy atom. The van der Waals surface area contributed by atoms with Crippen LogP contribution in [0.1, 0.15) is 82.4 Å². The molecule has 210 valence electrons.